The van der Waals surface area contributed by atoms with Crippen LogP contribution in [0.4, 0.5) is 11.4 Å². The van der Waals surface area contributed by atoms with Crippen molar-refractivity contribution in [2.75, 3.05) is 44.8 Å². The number of benzene rings is 1. The molecular formula is C13H19N5O3S. The number of anilines is 1. The first-order valence-corrected chi connectivity index (χ1v) is 7.41. The highest BCUT2D eigenvalue weighted by atomic mass is 32.1. The maximum Gasteiger partial charge on any atom is 0.294 e. The van der Waals surface area contributed by atoms with E-state index in [9.17, 15) is 10.1 Å². The molecule has 120 valence electrons. The van der Waals surface area contributed by atoms with E-state index >= 15 is 0 Å². The van der Waals surface area contributed by atoms with Crippen molar-refractivity contribution in [3.8, 4) is 0 Å². The SMILES string of the molecule is O=[N+]([O-])c1ccccc1NNC(=S)NCCN1CCOCC1. The summed E-state index contributed by atoms with van der Waals surface area (Å²) in [5.41, 5.74) is 5.87. The number of nitro groups is 1. The zero-order chi connectivity index (χ0) is 15.8. The fraction of sp³-hybridized carbons (Fsp3) is 0.462. The van der Waals surface area contributed by atoms with Crippen molar-refractivity contribution in [2.24, 2.45) is 0 Å². The summed E-state index contributed by atoms with van der Waals surface area (Å²) in [6.45, 7) is 4.96. The van der Waals surface area contributed by atoms with Crippen LogP contribution in [0, 0.1) is 10.1 Å². The van der Waals surface area contributed by atoms with E-state index in [1.165, 1.54) is 6.07 Å². The minimum Gasteiger partial charge on any atom is -0.379 e. The Labute approximate surface area is 133 Å². The van der Waals surface area contributed by atoms with Gasteiger partial charge in [0.15, 0.2) is 5.11 Å². The van der Waals surface area contributed by atoms with Gasteiger partial charge in [0, 0.05) is 32.2 Å². The molecule has 1 aromatic carbocycles. The van der Waals surface area contributed by atoms with Gasteiger partial charge in [-0.05, 0) is 18.3 Å². The third-order valence-electron chi connectivity index (χ3n) is 3.23. The molecule has 0 saturated carbocycles. The van der Waals surface area contributed by atoms with E-state index in [4.69, 9.17) is 17.0 Å². The molecule has 22 heavy (non-hydrogen) atoms. The summed E-state index contributed by atoms with van der Waals surface area (Å²) >= 11 is 5.13. The zero-order valence-electron chi connectivity index (χ0n) is 12.1. The van der Waals surface area contributed by atoms with Crippen molar-refractivity contribution in [1.82, 2.24) is 15.6 Å². The summed E-state index contributed by atoms with van der Waals surface area (Å²) in [6, 6.07) is 6.37. The predicted molar refractivity (Wildman–Crippen MR) is 87.7 cm³/mol. The number of rotatable bonds is 6. The molecule has 0 unspecified atom stereocenters. The summed E-state index contributed by atoms with van der Waals surface area (Å²) in [7, 11) is 0. The molecule has 1 heterocycles. The summed E-state index contributed by atoms with van der Waals surface area (Å²) in [5, 5.41) is 14.3. The molecule has 1 fully saturated rings. The molecule has 2 rings (SSSR count). The Morgan fingerprint density at radius 2 is 2.09 bits per heavy atom. The van der Waals surface area contributed by atoms with Crippen LogP contribution >= 0.6 is 12.2 Å². The number of hydrazine groups is 1. The second kappa shape index (κ2) is 8.47. The number of nitro benzene ring substituents is 1. The Morgan fingerprint density at radius 1 is 1.36 bits per heavy atom. The molecule has 1 aromatic rings. The summed E-state index contributed by atoms with van der Waals surface area (Å²) in [6.07, 6.45) is 0. The Hall–Kier alpha value is -1.97. The molecule has 9 heteroatoms. The highest BCUT2D eigenvalue weighted by Crippen LogP contribution is 2.21. The molecule has 0 spiro atoms. The van der Waals surface area contributed by atoms with E-state index in [-0.39, 0.29) is 5.69 Å². The van der Waals surface area contributed by atoms with E-state index in [1.807, 2.05) is 0 Å². The van der Waals surface area contributed by atoms with Crippen LogP contribution in [0.2, 0.25) is 0 Å². The lowest BCUT2D eigenvalue weighted by atomic mass is 10.3. The highest BCUT2D eigenvalue weighted by Gasteiger charge is 2.12. The van der Waals surface area contributed by atoms with Crippen LogP contribution in [0.25, 0.3) is 0 Å². The normalized spacial score (nSPS) is 15.1. The summed E-state index contributed by atoms with van der Waals surface area (Å²) < 4.78 is 5.28. The number of ether oxygens (including phenoxy) is 1. The maximum absolute atomic E-state index is 10.9. The number of hydrogen-bond acceptors (Lipinski definition) is 6. The minimum atomic E-state index is -0.446. The first-order valence-electron chi connectivity index (χ1n) is 7.00. The van der Waals surface area contributed by atoms with Gasteiger partial charge >= 0.3 is 0 Å². The van der Waals surface area contributed by atoms with Crippen LogP contribution in [0.1, 0.15) is 0 Å². The second-order valence-electron chi connectivity index (χ2n) is 4.73. The Balaban J connectivity index is 1.70. The average molecular weight is 325 g/mol. The van der Waals surface area contributed by atoms with E-state index in [0.717, 1.165) is 32.8 Å². The van der Waals surface area contributed by atoms with Crippen LogP contribution in [0.15, 0.2) is 24.3 Å². The number of thiocarbonyl (C=S) groups is 1. The third-order valence-corrected chi connectivity index (χ3v) is 3.48. The predicted octanol–water partition coefficient (Wildman–Crippen LogP) is 0.718. The van der Waals surface area contributed by atoms with E-state index in [2.05, 4.69) is 21.1 Å². The third kappa shape index (κ3) is 5.10. The summed E-state index contributed by atoms with van der Waals surface area (Å²) in [4.78, 5) is 12.7. The molecule has 1 aliphatic heterocycles. The maximum atomic E-state index is 10.9. The van der Waals surface area contributed by atoms with Crippen LogP contribution < -0.4 is 16.2 Å². The van der Waals surface area contributed by atoms with Crippen LogP contribution in [-0.4, -0.2) is 54.3 Å². The highest BCUT2D eigenvalue weighted by molar-refractivity contribution is 7.80. The van der Waals surface area contributed by atoms with Crippen molar-refractivity contribution in [3.63, 3.8) is 0 Å². The van der Waals surface area contributed by atoms with Gasteiger partial charge in [0.1, 0.15) is 5.69 Å². The number of nitrogens with zero attached hydrogens (tertiary/aromatic N) is 2. The number of morpholine rings is 1. The Morgan fingerprint density at radius 3 is 2.82 bits per heavy atom. The fourth-order valence-electron chi connectivity index (χ4n) is 2.06. The number of nitrogens with one attached hydrogen (secondary N) is 3. The number of para-hydroxylation sites is 2. The van der Waals surface area contributed by atoms with E-state index in [1.54, 1.807) is 18.2 Å². The van der Waals surface area contributed by atoms with Crippen molar-refractivity contribution >= 4 is 28.7 Å². The van der Waals surface area contributed by atoms with Crippen molar-refractivity contribution < 1.29 is 9.66 Å². The van der Waals surface area contributed by atoms with Gasteiger partial charge in [-0.15, -0.1) is 0 Å². The van der Waals surface area contributed by atoms with Gasteiger partial charge in [-0.25, -0.2) is 0 Å². The van der Waals surface area contributed by atoms with Gasteiger partial charge in [0.25, 0.3) is 5.69 Å². The molecule has 0 aliphatic carbocycles. The van der Waals surface area contributed by atoms with Gasteiger partial charge in [-0.2, -0.15) is 0 Å². The van der Waals surface area contributed by atoms with Crippen LogP contribution in [-0.2, 0) is 4.74 Å². The standard InChI is InChI=1S/C13H19N5O3S/c19-18(20)12-4-2-1-3-11(12)15-16-13(22)14-5-6-17-7-9-21-10-8-17/h1-4,15H,5-10H2,(H2,14,16,22). The monoisotopic (exact) mass is 325 g/mol. The summed E-state index contributed by atoms with van der Waals surface area (Å²) in [5.74, 6) is 0. The molecule has 0 bridgehead atoms. The van der Waals surface area contributed by atoms with Crippen LogP contribution in [0.5, 0.6) is 0 Å². The minimum absolute atomic E-state index is 0.00823. The van der Waals surface area contributed by atoms with Gasteiger partial charge in [0.2, 0.25) is 0 Å². The van der Waals surface area contributed by atoms with Crippen molar-refractivity contribution in [1.29, 1.82) is 0 Å². The molecule has 0 atom stereocenters. The molecule has 1 aliphatic rings. The molecule has 0 radical (unpaired) electrons. The topological polar surface area (TPSA) is 91.7 Å². The van der Waals surface area contributed by atoms with Gasteiger partial charge in [-0.1, -0.05) is 12.1 Å². The van der Waals surface area contributed by atoms with Gasteiger partial charge in [0.05, 0.1) is 18.1 Å². The molecule has 0 aromatic heterocycles. The lowest BCUT2D eigenvalue weighted by Gasteiger charge is -2.26. The van der Waals surface area contributed by atoms with Gasteiger partial charge in [-0.3, -0.25) is 25.9 Å². The largest absolute Gasteiger partial charge is 0.379 e. The first kappa shape index (κ1) is 16.4. The first-order chi connectivity index (χ1) is 10.7. The van der Waals surface area contributed by atoms with E-state index in [0.29, 0.717) is 17.3 Å². The Bertz CT molecular complexity index is 522. The average Bonchev–Trinajstić information content (AvgIpc) is 2.54. The second-order valence-corrected chi connectivity index (χ2v) is 5.14. The van der Waals surface area contributed by atoms with Crippen molar-refractivity contribution in [2.45, 2.75) is 0 Å². The number of hydrogen-bond donors (Lipinski definition) is 3. The molecule has 1 saturated heterocycles. The molecule has 8 nitrogen and oxygen atoms in total. The van der Waals surface area contributed by atoms with E-state index < -0.39 is 4.92 Å². The van der Waals surface area contributed by atoms with Gasteiger partial charge < -0.3 is 10.1 Å². The molecular weight excluding hydrogens is 306 g/mol. The fourth-order valence-corrected chi connectivity index (χ4v) is 2.21. The smallest absolute Gasteiger partial charge is 0.294 e. The lowest BCUT2D eigenvalue weighted by Crippen LogP contribution is -2.44. The lowest BCUT2D eigenvalue weighted by molar-refractivity contribution is -0.384. The van der Waals surface area contributed by atoms with Crippen molar-refractivity contribution in [3.05, 3.63) is 34.4 Å². The Kier molecular flexibility index (Phi) is 6.31. The van der Waals surface area contributed by atoms with Crippen LogP contribution in [0.3, 0.4) is 0 Å². The zero-order valence-corrected chi connectivity index (χ0v) is 12.9. The quantitative estimate of drug-likeness (QED) is 0.400. The molecule has 3 N–H and O–H groups in total. The molecule has 0 amide bonds.